The molecule has 9 nitrogen and oxygen atoms in total. The SMILES string of the molecule is C=CC(=O)Cc1ccc(Oc2nc(Nc3ccc(N4CCN(C)CC4)cc3)c(C(N)=O)nc2CC)cc1. The highest BCUT2D eigenvalue weighted by Gasteiger charge is 2.19. The van der Waals surface area contributed by atoms with E-state index in [1.807, 2.05) is 43.3 Å². The number of nitrogens with one attached hydrogen (secondary N) is 1. The Morgan fingerprint density at radius 1 is 1.05 bits per heavy atom. The molecule has 0 spiro atoms. The summed E-state index contributed by atoms with van der Waals surface area (Å²) in [5.74, 6) is 0.302. The van der Waals surface area contributed by atoms with Gasteiger partial charge in [-0.3, -0.25) is 9.59 Å². The van der Waals surface area contributed by atoms with Gasteiger partial charge in [-0.05, 0) is 61.5 Å². The molecule has 0 saturated carbocycles. The zero-order valence-electron chi connectivity index (χ0n) is 21.2. The van der Waals surface area contributed by atoms with Crippen LogP contribution in [0, 0.1) is 0 Å². The Morgan fingerprint density at radius 2 is 1.73 bits per heavy atom. The van der Waals surface area contributed by atoms with Crippen molar-refractivity contribution in [2.45, 2.75) is 19.8 Å². The van der Waals surface area contributed by atoms with Crippen molar-refractivity contribution >= 4 is 28.9 Å². The summed E-state index contributed by atoms with van der Waals surface area (Å²) in [6.07, 6.45) is 2.08. The number of primary amides is 1. The van der Waals surface area contributed by atoms with Crippen molar-refractivity contribution in [2.24, 2.45) is 5.73 Å². The van der Waals surface area contributed by atoms with Crippen molar-refractivity contribution in [1.29, 1.82) is 0 Å². The lowest BCUT2D eigenvalue weighted by Crippen LogP contribution is -2.44. The number of anilines is 3. The van der Waals surface area contributed by atoms with E-state index in [-0.39, 0.29) is 29.6 Å². The predicted molar refractivity (Wildman–Crippen MR) is 145 cm³/mol. The number of amides is 1. The maximum atomic E-state index is 12.2. The number of carbonyl (C=O) groups is 2. The van der Waals surface area contributed by atoms with Gasteiger partial charge in [-0.2, -0.15) is 4.98 Å². The maximum absolute atomic E-state index is 12.2. The molecule has 9 heteroatoms. The molecule has 1 saturated heterocycles. The van der Waals surface area contributed by atoms with Gasteiger partial charge in [0, 0.05) is 44.0 Å². The molecular formula is C28H32N6O3. The van der Waals surface area contributed by atoms with Crippen LogP contribution in [0.1, 0.15) is 28.7 Å². The molecule has 0 radical (unpaired) electrons. The highest BCUT2D eigenvalue weighted by Crippen LogP contribution is 2.29. The van der Waals surface area contributed by atoms with Crippen LogP contribution in [0.5, 0.6) is 11.6 Å². The minimum Gasteiger partial charge on any atom is -0.437 e. The van der Waals surface area contributed by atoms with E-state index < -0.39 is 5.91 Å². The van der Waals surface area contributed by atoms with Crippen molar-refractivity contribution in [3.05, 3.63) is 78.1 Å². The smallest absolute Gasteiger partial charge is 0.271 e. The van der Waals surface area contributed by atoms with Crippen LogP contribution in [0.15, 0.2) is 61.2 Å². The van der Waals surface area contributed by atoms with Crippen LogP contribution >= 0.6 is 0 Å². The average molecular weight is 501 g/mol. The molecule has 0 unspecified atom stereocenters. The Morgan fingerprint density at radius 3 is 2.32 bits per heavy atom. The molecule has 37 heavy (non-hydrogen) atoms. The molecule has 1 fully saturated rings. The normalized spacial score (nSPS) is 13.7. The molecule has 2 heterocycles. The molecular weight excluding hydrogens is 468 g/mol. The minimum atomic E-state index is -0.679. The summed E-state index contributed by atoms with van der Waals surface area (Å²) in [4.78, 5) is 37.5. The summed E-state index contributed by atoms with van der Waals surface area (Å²) >= 11 is 0. The monoisotopic (exact) mass is 500 g/mol. The molecule has 2 aromatic carbocycles. The van der Waals surface area contributed by atoms with Crippen LogP contribution < -0.4 is 20.7 Å². The van der Waals surface area contributed by atoms with Crippen LogP contribution in [0.4, 0.5) is 17.2 Å². The summed E-state index contributed by atoms with van der Waals surface area (Å²) in [6, 6.07) is 15.1. The summed E-state index contributed by atoms with van der Waals surface area (Å²) < 4.78 is 6.03. The third-order valence-electron chi connectivity index (χ3n) is 6.24. The molecule has 192 valence electrons. The topological polar surface area (TPSA) is 114 Å². The Kier molecular flexibility index (Phi) is 8.15. The van der Waals surface area contributed by atoms with Gasteiger partial charge in [-0.1, -0.05) is 25.6 Å². The molecule has 3 aromatic rings. The van der Waals surface area contributed by atoms with Gasteiger partial charge in [0.05, 0.1) is 0 Å². The molecule has 1 aromatic heterocycles. The number of benzene rings is 2. The summed E-state index contributed by atoms with van der Waals surface area (Å²) in [5.41, 5.74) is 8.93. The van der Waals surface area contributed by atoms with E-state index >= 15 is 0 Å². The lowest BCUT2D eigenvalue weighted by Gasteiger charge is -2.34. The standard InChI is InChI=1S/C28H32N6O3/c1-4-22(35)18-19-6-12-23(13-7-19)37-28-24(5-2)31-25(26(29)36)27(32-28)30-20-8-10-21(11-9-20)34-16-14-33(3)15-17-34/h4,6-13H,1,5,14-18H2,2-3H3,(H2,29,36)(H,30,32). The molecule has 1 amide bonds. The van der Waals surface area contributed by atoms with Gasteiger partial charge in [-0.15, -0.1) is 0 Å². The number of rotatable bonds is 10. The fourth-order valence-corrected chi connectivity index (χ4v) is 4.04. The first-order valence-corrected chi connectivity index (χ1v) is 12.3. The van der Waals surface area contributed by atoms with Crippen LogP contribution in [0.25, 0.3) is 0 Å². The Hall–Kier alpha value is -4.24. The summed E-state index contributed by atoms with van der Waals surface area (Å²) in [7, 11) is 2.13. The van der Waals surface area contributed by atoms with E-state index in [1.54, 1.807) is 12.1 Å². The lowest BCUT2D eigenvalue weighted by molar-refractivity contribution is -0.114. The largest absolute Gasteiger partial charge is 0.437 e. The van der Waals surface area contributed by atoms with Crippen molar-refractivity contribution < 1.29 is 14.3 Å². The fraction of sp³-hybridized carbons (Fsp3) is 0.286. The third-order valence-corrected chi connectivity index (χ3v) is 6.24. The number of hydrogen-bond donors (Lipinski definition) is 2. The van der Waals surface area contributed by atoms with Gasteiger partial charge >= 0.3 is 0 Å². The third kappa shape index (κ3) is 6.50. The highest BCUT2D eigenvalue weighted by atomic mass is 16.5. The number of carbonyl (C=O) groups excluding carboxylic acids is 2. The van der Waals surface area contributed by atoms with E-state index in [0.717, 1.165) is 43.1 Å². The number of nitrogens with two attached hydrogens (primary N) is 1. The van der Waals surface area contributed by atoms with E-state index in [4.69, 9.17) is 10.5 Å². The number of nitrogens with zero attached hydrogens (tertiary/aromatic N) is 4. The second kappa shape index (κ2) is 11.7. The number of allylic oxidation sites excluding steroid dienone is 1. The first kappa shape index (κ1) is 25.8. The summed E-state index contributed by atoms with van der Waals surface area (Å²) in [5, 5.41) is 3.18. The number of ether oxygens (including phenoxy) is 1. The first-order valence-electron chi connectivity index (χ1n) is 12.3. The molecule has 1 aliphatic rings. The van der Waals surface area contributed by atoms with Gasteiger partial charge in [0.15, 0.2) is 17.3 Å². The molecule has 0 aliphatic carbocycles. The highest BCUT2D eigenvalue weighted by molar-refractivity contribution is 5.96. The second-order valence-corrected chi connectivity index (χ2v) is 8.95. The zero-order chi connectivity index (χ0) is 26.4. The number of aromatic nitrogens is 2. The average Bonchev–Trinajstić information content (AvgIpc) is 2.90. The molecule has 0 bridgehead atoms. The van der Waals surface area contributed by atoms with E-state index in [1.165, 1.54) is 6.08 Å². The van der Waals surface area contributed by atoms with Crippen molar-refractivity contribution in [2.75, 3.05) is 43.4 Å². The Balaban J connectivity index is 1.55. The van der Waals surface area contributed by atoms with E-state index in [9.17, 15) is 9.59 Å². The molecule has 1 aliphatic heterocycles. The summed E-state index contributed by atoms with van der Waals surface area (Å²) in [6.45, 7) is 9.41. The van der Waals surface area contributed by atoms with Crippen LogP contribution in [0.2, 0.25) is 0 Å². The minimum absolute atomic E-state index is 0.0469. The first-order chi connectivity index (χ1) is 17.9. The number of aryl methyl sites for hydroxylation is 1. The zero-order valence-corrected chi connectivity index (χ0v) is 21.2. The van der Waals surface area contributed by atoms with Crippen LogP contribution in [0.3, 0.4) is 0 Å². The van der Waals surface area contributed by atoms with E-state index in [0.29, 0.717) is 17.9 Å². The van der Waals surface area contributed by atoms with Crippen LogP contribution in [-0.4, -0.2) is 59.8 Å². The van der Waals surface area contributed by atoms with Gasteiger partial charge in [0.2, 0.25) is 5.88 Å². The van der Waals surface area contributed by atoms with Crippen molar-refractivity contribution in [3.8, 4) is 11.6 Å². The Labute approximate surface area is 217 Å². The molecule has 3 N–H and O–H groups in total. The number of likely N-dealkylation sites (N-methyl/N-ethyl adjacent to an activating group) is 1. The number of hydrogen-bond acceptors (Lipinski definition) is 8. The van der Waals surface area contributed by atoms with Gasteiger partial charge < -0.3 is 25.6 Å². The van der Waals surface area contributed by atoms with Crippen LogP contribution in [-0.2, 0) is 17.6 Å². The van der Waals surface area contributed by atoms with Crippen molar-refractivity contribution in [1.82, 2.24) is 14.9 Å². The van der Waals surface area contributed by atoms with E-state index in [2.05, 4.69) is 38.7 Å². The van der Waals surface area contributed by atoms with Crippen molar-refractivity contribution in [3.63, 3.8) is 0 Å². The Bertz CT molecular complexity index is 1270. The predicted octanol–water partition coefficient (Wildman–Crippen LogP) is 3.72. The maximum Gasteiger partial charge on any atom is 0.271 e. The van der Waals surface area contributed by atoms with Gasteiger partial charge in [0.25, 0.3) is 5.91 Å². The quantitative estimate of drug-likeness (QED) is 0.405. The lowest BCUT2D eigenvalue weighted by atomic mass is 10.1. The second-order valence-electron chi connectivity index (χ2n) is 8.95. The van der Waals surface area contributed by atoms with Gasteiger partial charge in [-0.25, -0.2) is 4.98 Å². The number of ketones is 1. The molecule has 0 atom stereocenters. The number of piperazine rings is 1. The molecule has 4 rings (SSSR count). The fourth-order valence-electron chi connectivity index (χ4n) is 4.04. The van der Waals surface area contributed by atoms with Gasteiger partial charge in [0.1, 0.15) is 11.4 Å².